The smallest absolute Gasteiger partial charge is 0.0811 e. The molecule has 0 heterocycles. The van der Waals surface area contributed by atoms with Crippen molar-refractivity contribution >= 4 is 0 Å². The third kappa shape index (κ3) is 10.2. The van der Waals surface area contributed by atoms with Crippen LogP contribution in [-0.2, 0) is 0 Å². The van der Waals surface area contributed by atoms with E-state index in [0.29, 0.717) is 55.3 Å². The SMILES string of the molecule is C=C1/C(=C\C=C2/CCC[C@]3(C)C([C@H](C)CCCC(O)(CC)CC)=CCC23)C[C@@H](O)C[C@@H]1O.CCC(O)(CC)CCC[C@@H](C)C1=CCC2C3=CC=C4C[C@@H](O)C[C@H](O)[C@]4(C)C3CC[C@]12C. The standard InChI is InChI=1S/2C29H46O3/c1-6-29(32,7-2)15-8-9-19(3)23-12-13-24-22-11-10-20-17-21(30)18-26(31)28(20,5)25(22)14-16-27(23,24)4;1-6-29(32,7-2)17-8-10-20(3)25-14-15-26-22(11-9-16-28(25,26)5)12-13-23-18-24(30)19-27(31)21(23)4/h10-12,19,21,24-26,30-32H,6-9,13-18H2,1-5H3;12-14,20,24,26-27,30-32H,4,6-11,15-19H2,1-3,5H3/b;22-12+,23-13-/t19-,21-,24?,25?,26+,27-,28+;20-,24-,26?,27+,28-/m11/s1. The van der Waals surface area contributed by atoms with Crippen LogP contribution in [0.15, 0.2) is 82.0 Å². The number of fused-ring (bicyclic) bond motifs is 6. The molecule has 12 atom stereocenters. The normalized spacial score (nSPS) is 37.3. The summed E-state index contributed by atoms with van der Waals surface area (Å²) in [6.07, 6.45) is 32.0. The van der Waals surface area contributed by atoms with Crippen LogP contribution in [0.25, 0.3) is 0 Å². The molecule has 0 bridgehead atoms. The second kappa shape index (κ2) is 20.7. The number of aliphatic hydroxyl groups excluding tert-OH is 4. The minimum absolute atomic E-state index is 0.217. The van der Waals surface area contributed by atoms with Gasteiger partial charge in [0.25, 0.3) is 0 Å². The summed E-state index contributed by atoms with van der Waals surface area (Å²) in [7, 11) is 0. The van der Waals surface area contributed by atoms with E-state index in [1.165, 1.54) is 30.4 Å². The predicted molar refractivity (Wildman–Crippen MR) is 264 cm³/mol. The first kappa shape index (κ1) is 51.3. The van der Waals surface area contributed by atoms with E-state index in [0.717, 1.165) is 101 Å². The van der Waals surface area contributed by atoms with Gasteiger partial charge in [-0.1, -0.05) is 146 Å². The fourth-order valence-electron chi connectivity index (χ4n) is 14.5. The molecule has 0 aromatic rings. The van der Waals surface area contributed by atoms with E-state index in [2.05, 4.69) is 105 Å². The highest BCUT2D eigenvalue weighted by molar-refractivity contribution is 5.44. The summed E-state index contributed by atoms with van der Waals surface area (Å²) < 4.78 is 0. The zero-order valence-electron chi connectivity index (χ0n) is 41.9. The lowest BCUT2D eigenvalue weighted by molar-refractivity contribution is -0.0492. The molecule has 7 aliphatic carbocycles. The Kier molecular flexibility index (Phi) is 16.6. The van der Waals surface area contributed by atoms with Crippen LogP contribution in [0, 0.1) is 45.8 Å². The van der Waals surface area contributed by atoms with Crippen LogP contribution in [0.1, 0.15) is 197 Å². The fourth-order valence-corrected chi connectivity index (χ4v) is 14.5. The van der Waals surface area contributed by atoms with E-state index in [-0.39, 0.29) is 16.2 Å². The Morgan fingerprint density at radius 3 is 1.84 bits per heavy atom. The van der Waals surface area contributed by atoms with Crippen LogP contribution in [-0.4, -0.2) is 66.3 Å². The summed E-state index contributed by atoms with van der Waals surface area (Å²) in [6, 6.07) is 0. The molecule has 0 aromatic heterocycles. The fraction of sp³-hybridized carbons (Fsp3) is 0.759. The lowest BCUT2D eigenvalue weighted by Gasteiger charge is -2.56. The average Bonchev–Trinajstić information content (AvgIpc) is 3.82. The first-order valence-corrected chi connectivity index (χ1v) is 26.3. The minimum atomic E-state index is -0.626. The lowest BCUT2D eigenvalue weighted by Crippen LogP contribution is -2.52. The number of rotatable bonds is 15. The Hall–Kier alpha value is -2.06. The van der Waals surface area contributed by atoms with Gasteiger partial charge in [-0.3, -0.25) is 0 Å². The van der Waals surface area contributed by atoms with Gasteiger partial charge >= 0.3 is 0 Å². The van der Waals surface area contributed by atoms with Gasteiger partial charge in [0.2, 0.25) is 0 Å². The minimum Gasteiger partial charge on any atom is -0.393 e. The van der Waals surface area contributed by atoms with Gasteiger partial charge in [0.1, 0.15) is 0 Å². The Morgan fingerprint density at radius 2 is 1.27 bits per heavy atom. The second-order valence-electron chi connectivity index (χ2n) is 22.9. The second-order valence-corrected chi connectivity index (χ2v) is 22.9. The number of aliphatic hydroxyl groups is 6. The molecule has 6 nitrogen and oxygen atoms in total. The summed E-state index contributed by atoms with van der Waals surface area (Å²) >= 11 is 0. The summed E-state index contributed by atoms with van der Waals surface area (Å²) in [4.78, 5) is 0. The van der Waals surface area contributed by atoms with E-state index in [1.807, 2.05) is 0 Å². The lowest BCUT2D eigenvalue weighted by atomic mass is 9.49. The molecule has 0 aromatic carbocycles. The van der Waals surface area contributed by atoms with Crippen LogP contribution < -0.4 is 0 Å². The Bertz CT molecular complexity index is 1840. The predicted octanol–water partition coefficient (Wildman–Crippen LogP) is 12.5. The van der Waals surface area contributed by atoms with Crippen molar-refractivity contribution in [2.45, 2.75) is 233 Å². The van der Waals surface area contributed by atoms with Crippen LogP contribution in [0.5, 0.6) is 0 Å². The molecule has 3 unspecified atom stereocenters. The van der Waals surface area contributed by atoms with Crippen LogP contribution in [0.2, 0.25) is 0 Å². The van der Waals surface area contributed by atoms with Gasteiger partial charge in [-0.05, 0) is 161 Å². The molecule has 64 heavy (non-hydrogen) atoms. The van der Waals surface area contributed by atoms with Crippen LogP contribution in [0.3, 0.4) is 0 Å². The van der Waals surface area contributed by atoms with Crippen molar-refractivity contribution in [1.29, 1.82) is 0 Å². The van der Waals surface area contributed by atoms with Crippen LogP contribution >= 0.6 is 0 Å². The molecule has 0 aliphatic heterocycles. The Morgan fingerprint density at radius 1 is 0.719 bits per heavy atom. The van der Waals surface area contributed by atoms with Gasteiger partial charge in [0.15, 0.2) is 0 Å². The molecule has 360 valence electrons. The maximum atomic E-state index is 11.1. The molecule has 0 saturated heterocycles. The van der Waals surface area contributed by atoms with E-state index < -0.39 is 35.6 Å². The van der Waals surface area contributed by atoms with Crippen molar-refractivity contribution in [2.75, 3.05) is 0 Å². The maximum absolute atomic E-state index is 11.1. The van der Waals surface area contributed by atoms with Gasteiger partial charge in [-0.15, -0.1) is 0 Å². The molecule has 4 saturated carbocycles. The third-order valence-corrected chi connectivity index (χ3v) is 19.4. The first-order valence-electron chi connectivity index (χ1n) is 26.3. The molecular weight excluding hydrogens is 793 g/mol. The Balaban J connectivity index is 0.000000213. The molecular formula is C58H92O6. The average molecular weight is 885 g/mol. The van der Waals surface area contributed by atoms with Gasteiger partial charge in [-0.25, -0.2) is 0 Å². The summed E-state index contributed by atoms with van der Waals surface area (Å²) in [6.45, 7) is 24.4. The van der Waals surface area contributed by atoms with Crippen molar-refractivity contribution in [3.05, 3.63) is 82.0 Å². The highest BCUT2D eigenvalue weighted by Crippen LogP contribution is 2.65. The monoisotopic (exact) mass is 885 g/mol. The molecule has 6 N–H and O–H groups in total. The zero-order chi connectivity index (χ0) is 46.8. The van der Waals surface area contributed by atoms with Crippen molar-refractivity contribution < 1.29 is 30.6 Å². The van der Waals surface area contributed by atoms with Crippen molar-refractivity contribution in [1.82, 2.24) is 0 Å². The summed E-state index contributed by atoms with van der Waals surface area (Å²) in [5, 5.41) is 62.8. The van der Waals surface area contributed by atoms with Gasteiger partial charge < -0.3 is 30.6 Å². The van der Waals surface area contributed by atoms with E-state index >= 15 is 0 Å². The van der Waals surface area contributed by atoms with E-state index in [9.17, 15) is 30.6 Å². The highest BCUT2D eigenvalue weighted by Gasteiger charge is 2.57. The zero-order valence-corrected chi connectivity index (χ0v) is 41.9. The molecule has 0 radical (unpaired) electrons. The topological polar surface area (TPSA) is 121 Å². The van der Waals surface area contributed by atoms with Crippen molar-refractivity contribution in [3.63, 3.8) is 0 Å². The van der Waals surface area contributed by atoms with Gasteiger partial charge in [0.05, 0.1) is 35.6 Å². The molecule has 7 rings (SSSR count). The molecule has 0 spiro atoms. The largest absolute Gasteiger partial charge is 0.393 e. The number of hydrogen-bond acceptors (Lipinski definition) is 6. The third-order valence-electron chi connectivity index (χ3n) is 19.4. The summed E-state index contributed by atoms with van der Waals surface area (Å²) in [5.41, 5.74) is 8.59. The number of hydrogen-bond donors (Lipinski definition) is 6. The summed E-state index contributed by atoms with van der Waals surface area (Å²) in [5.74, 6) is 2.61. The van der Waals surface area contributed by atoms with E-state index in [1.54, 1.807) is 16.7 Å². The molecule has 6 heteroatoms. The number of allylic oxidation sites excluding steroid dienone is 10. The molecule has 0 amide bonds. The van der Waals surface area contributed by atoms with Gasteiger partial charge in [-0.2, -0.15) is 0 Å². The van der Waals surface area contributed by atoms with Crippen molar-refractivity contribution in [2.24, 2.45) is 45.8 Å². The Labute approximate surface area is 389 Å². The van der Waals surface area contributed by atoms with Crippen LogP contribution in [0.4, 0.5) is 0 Å². The molecule has 4 fully saturated rings. The van der Waals surface area contributed by atoms with Crippen molar-refractivity contribution in [3.8, 4) is 0 Å². The van der Waals surface area contributed by atoms with Gasteiger partial charge in [0, 0.05) is 18.3 Å². The molecule has 7 aliphatic rings. The quantitative estimate of drug-likeness (QED) is 0.0911. The maximum Gasteiger partial charge on any atom is 0.0811 e. The van der Waals surface area contributed by atoms with E-state index in [4.69, 9.17) is 0 Å². The highest BCUT2D eigenvalue weighted by atomic mass is 16.3. The first-order chi connectivity index (χ1) is 30.2.